The van der Waals surface area contributed by atoms with E-state index in [1.54, 1.807) is 13.2 Å². The molecule has 3 nitrogen and oxygen atoms in total. The zero-order valence-corrected chi connectivity index (χ0v) is 11.6. The van der Waals surface area contributed by atoms with Gasteiger partial charge in [0.2, 0.25) is 0 Å². The molecule has 0 bridgehead atoms. The highest BCUT2D eigenvalue weighted by Crippen LogP contribution is 2.34. The summed E-state index contributed by atoms with van der Waals surface area (Å²) in [4.78, 5) is 11.8. The van der Waals surface area contributed by atoms with Crippen LogP contribution in [0, 0.1) is 0 Å². The molecule has 0 spiro atoms. The number of ether oxygens (including phenoxy) is 1. The Bertz CT molecular complexity index is 831. The fourth-order valence-corrected chi connectivity index (χ4v) is 2.66. The lowest BCUT2D eigenvalue weighted by Crippen LogP contribution is -2.01. The second-order valence-corrected chi connectivity index (χ2v) is 4.84. The van der Waals surface area contributed by atoms with Crippen molar-refractivity contribution < 1.29 is 9.15 Å². The Kier molecular flexibility index (Phi) is 3.18. The molecule has 2 aromatic carbocycles. The molecule has 1 aromatic heterocycles. The van der Waals surface area contributed by atoms with Gasteiger partial charge in [0, 0.05) is 22.2 Å². The quantitative estimate of drug-likeness (QED) is 0.534. The standard InChI is InChI=1S/C17H16O3/c1-3-6-11-9-16(18)20-17-13-8-5-4-7-12(13)15(19-2)10-14(11)17/h4-5,7-10H,3,6H2,1-2H3. The van der Waals surface area contributed by atoms with Crippen molar-refractivity contribution in [2.24, 2.45) is 0 Å². The Morgan fingerprint density at radius 2 is 1.85 bits per heavy atom. The van der Waals surface area contributed by atoms with Crippen LogP contribution >= 0.6 is 0 Å². The maximum absolute atomic E-state index is 11.8. The largest absolute Gasteiger partial charge is 0.496 e. The summed E-state index contributed by atoms with van der Waals surface area (Å²) in [7, 11) is 1.66. The van der Waals surface area contributed by atoms with Gasteiger partial charge in [-0.05, 0) is 18.1 Å². The van der Waals surface area contributed by atoms with Crippen LogP contribution in [-0.4, -0.2) is 7.11 Å². The van der Waals surface area contributed by atoms with E-state index in [0.717, 1.165) is 40.3 Å². The second-order valence-electron chi connectivity index (χ2n) is 4.84. The zero-order valence-electron chi connectivity index (χ0n) is 11.6. The number of fused-ring (bicyclic) bond motifs is 3. The first-order chi connectivity index (χ1) is 9.74. The van der Waals surface area contributed by atoms with Crippen LogP contribution in [0.3, 0.4) is 0 Å². The topological polar surface area (TPSA) is 39.4 Å². The summed E-state index contributed by atoms with van der Waals surface area (Å²) >= 11 is 0. The van der Waals surface area contributed by atoms with Gasteiger partial charge in [-0.2, -0.15) is 0 Å². The summed E-state index contributed by atoms with van der Waals surface area (Å²) in [5.41, 5.74) is 1.37. The number of aryl methyl sites for hydroxylation is 1. The van der Waals surface area contributed by atoms with Gasteiger partial charge < -0.3 is 9.15 Å². The van der Waals surface area contributed by atoms with Crippen LogP contribution in [0.1, 0.15) is 18.9 Å². The molecule has 3 rings (SSSR count). The Hall–Kier alpha value is -2.29. The van der Waals surface area contributed by atoms with E-state index in [0.29, 0.717) is 5.58 Å². The predicted molar refractivity (Wildman–Crippen MR) is 80.5 cm³/mol. The van der Waals surface area contributed by atoms with Crippen LogP contribution in [0.15, 0.2) is 45.6 Å². The minimum Gasteiger partial charge on any atom is -0.496 e. The third kappa shape index (κ3) is 1.95. The molecule has 0 fully saturated rings. The summed E-state index contributed by atoms with van der Waals surface area (Å²) in [5, 5.41) is 2.83. The number of hydrogen-bond donors (Lipinski definition) is 0. The molecule has 0 radical (unpaired) electrons. The molecule has 0 saturated heterocycles. The fraction of sp³-hybridized carbons (Fsp3) is 0.235. The van der Waals surface area contributed by atoms with E-state index in [-0.39, 0.29) is 5.63 Å². The van der Waals surface area contributed by atoms with Crippen molar-refractivity contribution in [1.29, 1.82) is 0 Å². The monoisotopic (exact) mass is 268 g/mol. The third-order valence-electron chi connectivity index (χ3n) is 3.54. The molecule has 0 aliphatic heterocycles. The minimum atomic E-state index is -0.295. The molecule has 3 aromatic rings. The number of methoxy groups -OCH3 is 1. The van der Waals surface area contributed by atoms with E-state index in [4.69, 9.17) is 9.15 Å². The highest BCUT2D eigenvalue weighted by molar-refractivity contribution is 6.08. The second kappa shape index (κ2) is 5.00. The van der Waals surface area contributed by atoms with E-state index in [2.05, 4.69) is 6.92 Å². The SMILES string of the molecule is CCCc1cc(=O)oc2c1cc(OC)c1ccccc12. The smallest absolute Gasteiger partial charge is 0.336 e. The zero-order chi connectivity index (χ0) is 14.1. The highest BCUT2D eigenvalue weighted by Gasteiger charge is 2.12. The normalized spacial score (nSPS) is 11.1. The van der Waals surface area contributed by atoms with Crippen molar-refractivity contribution in [1.82, 2.24) is 0 Å². The maximum Gasteiger partial charge on any atom is 0.336 e. The van der Waals surface area contributed by atoms with Gasteiger partial charge in [0.1, 0.15) is 11.3 Å². The minimum absolute atomic E-state index is 0.295. The van der Waals surface area contributed by atoms with Crippen LogP contribution in [0.5, 0.6) is 5.75 Å². The molecule has 0 aliphatic carbocycles. The van der Waals surface area contributed by atoms with E-state index >= 15 is 0 Å². The summed E-state index contributed by atoms with van der Waals surface area (Å²) in [6.07, 6.45) is 1.83. The van der Waals surface area contributed by atoms with Crippen LogP contribution < -0.4 is 10.4 Å². The Morgan fingerprint density at radius 3 is 2.55 bits per heavy atom. The molecule has 0 aliphatic rings. The first kappa shape index (κ1) is 12.7. The summed E-state index contributed by atoms with van der Waals surface area (Å²) in [6, 6.07) is 11.4. The maximum atomic E-state index is 11.8. The molecular formula is C17H16O3. The summed E-state index contributed by atoms with van der Waals surface area (Å²) in [6.45, 7) is 2.10. The molecule has 0 unspecified atom stereocenters. The molecule has 3 heteroatoms. The number of hydrogen-bond acceptors (Lipinski definition) is 3. The molecule has 1 heterocycles. The van der Waals surface area contributed by atoms with Crippen molar-refractivity contribution in [3.63, 3.8) is 0 Å². The van der Waals surface area contributed by atoms with Gasteiger partial charge in [-0.15, -0.1) is 0 Å². The molecule has 0 saturated carbocycles. The Labute approximate surface area is 116 Å². The van der Waals surface area contributed by atoms with E-state index in [1.807, 2.05) is 30.3 Å². The van der Waals surface area contributed by atoms with E-state index in [9.17, 15) is 4.79 Å². The Morgan fingerprint density at radius 1 is 1.10 bits per heavy atom. The fourth-order valence-electron chi connectivity index (χ4n) is 2.66. The van der Waals surface area contributed by atoms with E-state index in [1.165, 1.54) is 0 Å². The van der Waals surface area contributed by atoms with Crippen molar-refractivity contribution in [2.75, 3.05) is 7.11 Å². The van der Waals surface area contributed by atoms with E-state index < -0.39 is 0 Å². The lowest BCUT2D eigenvalue weighted by Gasteiger charge is -2.10. The molecule has 0 amide bonds. The van der Waals surface area contributed by atoms with Crippen LogP contribution in [0.2, 0.25) is 0 Å². The number of benzene rings is 2. The van der Waals surface area contributed by atoms with Gasteiger partial charge in [0.05, 0.1) is 7.11 Å². The molecule has 102 valence electrons. The van der Waals surface area contributed by atoms with Gasteiger partial charge >= 0.3 is 5.63 Å². The summed E-state index contributed by atoms with van der Waals surface area (Å²) < 4.78 is 10.9. The summed E-state index contributed by atoms with van der Waals surface area (Å²) in [5.74, 6) is 0.805. The van der Waals surface area contributed by atoms with Crippen molar-refractivity contribution in [2.45, 2.75) is 19.8 Å². The predicted octanol–water partition coefficient (Wildman–Crippen LogP) is 3.91. The highest BCUT2D eigenvalue weighted by atomic mass is 16.5. The van der Waals surface area contributed by atoms with Gasteiger partial charge in [0.25, 0.3) is 0 Å². The van der Waals surface area contributed by atoms with Gasteiger partial charge in [-0.1, -0.05) is 37.6 Å². The average molecular weight is 268 g/mol. The molecule has 0 N–H and O–H groups in total. The van der Waals surface area contributed by atoms with Gasteiger partial charge in [-0.3, -0.25) is 0 Å². The third-order valence-corrected chi connectivity index (χ3v) is 3.54. The first-order valence-corrected chi connectivity index (χ1v) is 6.77. The Balaban J connectivity index is 2.51. The lowest BCUT2D eigenvalue weighted by atomic mass is 10.0. The van der Waals surface area contributed by atoms with Crippen molar-refractivity contribution in [3.05, 3.63) is 52.4 Å². The molecule has 0 atom stereocenters. The molecular weight excluding hydrogens is 252 g/mol. The van der Waals surface area contributed by atoms with Crippen molar-refractivity contribution in [3.8, 4) is 5.75 Å². The van der Waals surface area contributed by atoms with Gasteiger partial charge in [0.15, 0.2) is 0 Å². The molecule has 20 heavy (non-hydrogen) atoms. The number of rotatable bonds is 3. The van der Waals surface area contributed by atoms with Crippen molar-refractivity contribution >= 4 is 21.7 Å². The van der Waals surface area contributed by atoms with Crippen LogP contribution in [-0.2, 0) is 6.42 Å². The van der Waals surface area contributed by atoms with Crippen LogP contribution in [0.25, 0.3) is 21.7 Å². The lowest BCUT2D eigenvalue weighted by molar-refractivity contribution is 0.420. The van der Waals surface area contributed by atoms with Crippen LogP contribution in [0.4, 0.5) is 0 Å². The first-order valence-electron chi connectivity index (χ1n) is 6.77. The van der Waals surface area contributed by atoms with Gasteiger partial charge in [-0.25, -0.2) is 4.79 Å². The average Bonchev–Trinajstić information content (AvgIpc) is 2.47.